The fourth-order valence-electron chi connectivity index (χ4n) is 3.23. The predicted octanol–water partition coefficient (Wildman–Crippen LogP) is 4.42. The van der Waals surface area contributed by atoms with Crippen LogP contribution in [0.2, 0.25) is 0 Å². The maximum Gasteiger partial charge on any atom is 0.416 e. The number of rotatable bonds is 4. The lowest BCUT2D eigenvalue weighted by Crippen LogP contribution is -2.45. The number of halogens is 3. The van der Waals surface area contributed by atoms with Gasteiger partial charge in [0, 0.05) is 31.1 Å². The number of nitrogens with one attached hydrogen (secondary N) is 1. The monoisotopic (exact) mass is 366 g/mol. The Balaban J connectivity index is 2.01. The molecule has 1 atom stereocenters. The first kappa shape index (κ1) is 18.3. The molecule has 0 aromatic heterocycles. The lowest BCUT2D eigenvalue weighted by molar-refractivity contribution is -0.137. The smallest absolute Gasteiger partial charge is 0.314 e. The van der Waals surface area contributed by atoms with Gasteiger partial charge in [0.1, 0.15) is 0 Å². The van der Waals surface area contributed by atoms with Gasteiger partial charge in [-0.1, -0.05) is 24.3 Å². The van der Waals surface area contributed by atoms with Crippen LogP contribution in [-0.4, -0.2) is 37.3 Å². The lowest BCUT2D eigenvalue weighted by atomic mass is 9.95. The molecule has 1 unspecified atom stereocenters. The molecule has 0 saturated carbocycles. The third-order valence-corrected chi connectivity index (χ3v) is 5.22. The first-order valence-electron chi connectivity index (χ1n) is 8.25. The summed E-state index contributed by atoms with van der Waals surface area (Å²) < 4.78 is 39.4. The fraction of sp³-hybridized carbons (Fsp3) is 0.368. The summed E-state index contributed by atoms with van der Waals surface area (Å²) >= 11 is 1.65. The van der Waals surface area contributed by atoms with Crippen molar-refractivity contribution in [2.75, 3.05) is 32.4 Å². The third-order valence-electron chi connectivity index (χ3n) is 4.48. The summed E-state index contributed by atoms with van der Waals surface area (Å²) in [5, 5.41) is 3.30. The van der Waals surface area contributed by atoms with E-state index in [1.807, 2.05) is 30.5 Å². The molecule has 1 saturated heterocycles. The molecule has 3 rings (SSSR count). The van der Waals surface area contributed by atoms with E-state index in [1.165, 1.54) is 12.1 Å². The molecule has 134 valence electrons. The summed E-state index contributed by atoms with van der Waals surface area (Å²) in [6.45, 7) is 3.31. The van der Waals surface area contributed by atoms with E-state index in [1.54, 1.807) is 17.8 Å². The van der Waals surface area contributed by atoms with E-state index >= 15 is 0 Å². The largest absolute Gasteiger partial charge is 0.416 e. The van der Waals surface area contributed by atoms with Crippen LogP contribution in [0.4, 0.5) is 13.2 Å². The van der Waals surface area contributed by atoms with Crippen molar-refractivity contribution in [1.29, 1.82) is 0 Å². The first-order chi connectivity index (χ1) is 12.0. The summed E-state index contributed by atoms with van der Waals surface area (Å²) in [5.74, 6) is 0. The van der Waals surface area contributed by atoms with Crippen LogP contribution in [0.25, 0.3) is 0 Å². The highest BCUT2D eigenvalue weighted by atomic mass is 32.2. The van der Waals surface area contributed by atoms with Crippen molar-refractivity contribution in [3.8, 4) is 0 Å². The maximum atomic E-state index is 13.1. The minimum absolute atomic E-state index is 0.166. The van der Waals surface area contributed by atoms with Crippen LogP contribution in [0.3, 0.4) is 0 Å². The molecule has 0 bridgehead atoms. The molecular formula is C19H21F3N2S. The topological polar surface area (TPSA) is 15.3 Å². The van der Waals surface area contributed by atoms with Crippen LogP contribution in [-0.2, 0) is 6.18 Å². The van der Waals surface area contributed by atoms with Crippen LogP contribution >= 0.6 is 11.8 Å². The molecule has 25 heavy (non-hydrogen) atoms. The predicted molar refractivity (Wildman–Crippen MR) is 96.0 cm³/mol. The average Bonchev–Trinajstić information content (AvgIpc) is 2.63. The van der Waals surface area contributed by atoms with E-state index in [0.29, 0.717) is 5.56 Å². The molecule has 2 aromatic rings. The zero-order valence-corrected chi connectivity index (χ0v) is 14.8. The van der Waals surface area contributed by atoms with Gasteiger partial charge in [0.25, 0.3) is 0 Å². The van der Waals surface area contributed by atoms with Crippen molar-refractivity contribution in [1.82, 2.24) is 10.2 Å². The van der Waals surface area contributed by atoms with Gasteiger partial charge in [-0.2, -0.15) is 13.2 Å². The third kappa shape index (κ3) is 4.37. The van der Waals surface area contributed by atoms with Crippen molar-refractivity contribution < 1.29 is 13.2 Å². The van der Waals surface area contributed by atoms with Crippen molar-refractivity contribution in [3.05, 3.63) is 65.2 Å². The SMILES string of the molecule is CSc1ccc(C(c2cccc(C(F)(F)F)c2)N2CCNCC2)cc1. The van der Waals surface area contributed by atoms with Gasteiger partial charge in [0.05, 0.1) is 11.6 Å². The molecule has 1 aliphatic rings. The Labute approximate surface area is 150 Å². The molecule has 6 heteroatoms. The Morgan fingerprint density at radius 3 is 2.28 bits per heavy atom. The highest BCUT2D eigenvalue weighted by molar-refractivity contribution is 7.98. The Hall–Kier alpha value is -1.50. The van der Waals surface area contributed by atoms with E-state index < -0.39 is 11.7 Å². The number of alkyl halides is 3. The number of hydrogen-bond donors (Lipinski definition) is 1. The first-order valence-corrected chi connectivity index (χ1v) is 9.47. The molecule has 0 aliphatic carbocycles. The number of benzene rings is 2. The molecule has 0 spiro atoms. The maximum absolute atomic E-state index is 13.1. The summed E-state index contributed by atoms with van der Waals surface area (Å²) in [6, 6.07) is 13.7. The van der Waals surface area contributed by atoms with Gasteiger partial charge in [0.2, 0.25) is 0 Å². The lowest BCUT2D eigenvalue weighted by Gasteiger charge is -2.36. The van der Waals surface area contributed by atoms with Gasteiger partial charge in [0.15, 0.2) is 0 Å². The van der Waals surface area contributed by atoms with Crippen molar-refractivity contribution in [3.63, 3.8) is 0 Å². The van der Waals surface area contributed by atoms with E-state index in [0.717, 1.165) is 42.7 Å². The van der Waals surface area contributed by atoms with Gasteiger partial charge in [-0.05, 0) is 41.6 Å². The molecule has 2 nitrogen and oxygen atoms in total. The molecule has 1 aliphatic heterocycles. The van der Waals surface area contributed by atoms with Gasteiger partial charge < -0.3 is 5.32 Å². The number of nitrogens with zero attached hydrogens (tertiary/aromatic N) is 1. The Bertz CT molecular complexity index is 695. The van der Waals surface area contributed by atoms with E-state index in [-0.39, 0.29) is 6.04 Å². The summed E-state index contributed by atoms with van der Waals surface area (Å²) in [4.78, 5) is 3.40. The Kier molecular flexibility index (Phi) is 5.71. The second kappa shape index (κ2) is 7.81. The second-order valence-electron chi connectivity index (χ2n) is 6.08. The molecule has 1 N–H and O–H groups in total. The van der Waals surface area contributed by atoms with Crippen molar-refractivity contribution in [2.24, 2.45) is 0 Å². The molecule has 1 heterocycles. The second-order valence-corrected chi connectivity index (χ2v) is 6.96. The van der Waals surface area contributed by atoms with Gasteiger partial charge in [-0.25, -0.2) is 0 Å². The number of thioether (sulfide) groups is 1. The van der Waals surface area contributed by atoms with Gasteiger partial charge >= 0.3 is 6.18 Å². The van der Waals surface area contributed by atoms with Crippen molar-refractivity contribution >= 4 is 11.8 Å². The minimum Gasteiger partial charge on any atom is -0.314 e. The van der Waals surface area contributed by atoms with E-state index in [4.69, 9.17) is 0 Å². The van der Waals surface area contributed by atoms with Crippen molar-refractivity contribution in [2.45, 2.75) is 17.1 Å². The summed E-state index contributed by atoms with van der Waals surface area (Å²) in [6.07, 6.45) is -2.32. The van der Waals surface area contributed by atoms with Crippen LogP contribution in [0.5, 0.6) is 0 Å². The molecule has 0 amide bonds. The highest BCUT2D eigenvalue weighted by Crippen LogP contribution is 2.35. The van der Waals surface area contributed by atoms with Gasteiger partial charge in [-0.3, -0.25) is 4.90 Å². The van der Waals surface area contributed by atoms with Crippen LogP contribution < -0.4 is 5.32 Å². The molecular weight excluding hydrogens is 345 g/mol. The van der Waals surface area contributed by atoms with Crippen LogP contribution in [0.1, 0.15) is 22.7 Å². The van der Waals surface area contributed by atoms with Crippen LogP contribution in [0, 0.1) is 0 Å². The van der Waals surface area contributed by atoms with E-state index in [9.17, 15) is 13.2 Å². The molecule has 1 fully saturated rings. The zero-order valence-electron chi connectivity index (χ0n) is 14.0. The Morgan fingerprint density at radius 1 is 1.00 bits per heavy atom. The number of piperazine rings is 1. The molecule has 0 radical (unpaired) electrons. The normalized spacial score (nSPS) is 17.4. The summed E-state index contributed by atoms with van der Waals surface area (Å²) in [5.41, 5.74) is 1.12. The fourth-order valence-corrected chi connectivity index (χ4v) is 3.63. The average molecular weight is 366 g/mol. The van der Waals surface area contributed by atoms with Gasteiger partial charge in [-0.15, -0.1) is 11.8 Å². The number of hydrogen-bond acceptors (Lipinski definition) is 3. The molecule has 2 aromatic carbocycles. The Morgan fingerprint density at radius 2 is 1.68 bits per heavy atom. The quantitative estimate of drug-likeness (QED) is 0.807. The van der Waals surface area contributed by atoms with Crippen LogP contribution in [0.15, 0.2) is 53.4 Å². The minimum atomic E-state index is -4.33. The summed E-state index contributed by atoms with van der Waals surface area (Å²) in [7, 11) is 0. The standard InChI is InChI=1S/C19H21F3N2S/c1-25-17-7-5-14(6-8-17)18(24-11-9-23-10-12-24)15-3-2-4-16(13-15)19(20,21)22/h2-8,13,18,23H,9-12H2,1H3. The highest BCUT2D eigenvalue weighted by Gasteiger charge is 2.32. The van der Waals surface area contributed by atoms with E-state index in [2.05, 4.69) is 10.2 Å². The zero-order chi connectivity index (χ0) is 17.9.